The first-order valence-corrected chi connectivity index (χ1v) is 9.07. The molecule has 140 valence electrons. The second kappa shape index (κ2) is 8.27. The highest BCUT2D eigenvalue weighted by Gasteiger charge is 2.16. The van der Waals surface area contributed by atoms with Gasteiger partial charge in [-0.15, -0.1) is 0 Å². The van der Waals surface area contributed by atoms with E-state index in [2.05, 4.69) is 10.4 Å². The lowest BCUT2D eigenvalue weighted by Crippen LogP contribution is -2.25. The fraction of sp³-hybridized carbons (Fsp3) is 0.238. The Labute approximate surface area is 163 Å². The molecule has 27 heavy (non-hydrogen) atoms. The van der Waals surface area contributed by atoms with E-state index < -0.39 is 0 Å². The summed E-state index contributed by atoms with van der Waals surface area (Å²) in [5, 5.41) is 8.22. The molecule has 0 aliphatic carbocycles. The fourth-order valence-corrected chi connectivity index (χ4v) is 3.16. The van der Waals surface area contributed by atoms with Gasteiger partial charge in [-0.1, -0.05) is 29.8 Å². The van der Waals surface area contributed by atoms with Gasteiger partial charge in [0.1, 0.15) is 5.75 Å². The number of aryl methyl sites for hydroxylation is 1. The van der Waals surface area contributed by atoms with Crippen molar-refractivity contribution in [3.8, 4) is 11.4 Å². The van der Waals surface area contributed by atoms with E-state index >= 15 is 0 Å². The van der Waals surface area contributed by atoms with Gasteiger partial charge in [0.05, 0.1) is 24.9 Å². The van der Waals surface area contributed by atoms with Crippen molar-refractivity contribution in [1.29, 1.82) is 0 Å². The zero-order valence-corrected chi connectivity index (χ0v) is 16.4. The first-order chi connectivity index (χ1) is 13.0. The predicted octanol–water partition coefficient (Wildman–Crippen LogP) is 4.01. The Morgan fingerprint density at radius 2 is 1.85 bits per heavy atom. The zero-order valence-electron chi connectivity index (χ0n) is 15.6. The van der Waals surface area contributed by atoms with Crippen LogP contribution < -0.4 is 10.1 Å². The van der Waals surface area contributed by atoms with Crippen LogP contribution in [0, 0.1) is 13.8 Å². The molecule has 2 aromatic carbocycles. The number of ether oxygens (including phenoxy) is 1. The molecule has 6 heteroatoms. The molecule has 3 aromatic rings. The van der Waals surface area contributed by atoms with Gasteiger partial charge in [0, 0.05) is 28.4 Å². The molecule has 0 fully saturated rings. The van der Waals surface area contributed by atoms with Crippen molar-refractivity contribution in [1.82, 2.24) is 15.1 Å². The molecule has 0 radical (unpaired) electrons. The number of para-hydroxylation sites is 1. The van der Waals surface area contributed by atoms with Crippen LogP contribution in [-0.2, 0) is 17.8 Å². The summed E-state index contributed by atoms with van der Waals surface area (Å²) >= 11 is 5.96. The molecule has 0 atom stereocenters. The van der Waals surface area contributed by atoms with Crippen LogP contribution in [0.3, 0.4) is 0 Å². The third-order valence-electron chi connectivity index (χ3n) is 4.52. The summed E-state index contributed by atoms with van der Waals surface area (Å²) in [4.78, 5) is 12.5. The third-order valence-corrected chi connectivity index (χ3v) is 4.77. The van der Waals surface area contributed by atoms with E-state index in [9.17, 15) is 4.79 Å². The van der Waals surface area contributed by atoms with Crippen molar-refractivity contribution in [3.05, 3.63) is 76.1 Å². The summed E-state index contributed by atoms with van der Waals surface area (Å²) in [7, 11) is 1.62. The summed E-state index contributed by atoms with van der Waals surface area (Å²) < 4.78 is 7.16. The van der Waals surface area contributed by atoms with Gasteiger partial charge >= 0.3 is 0 Å². The Kier molecular flexibility index (Phi) is 5.81. The lowest BCUT2D eigenvalue weighted by atomic mass is 10.1. The van der Waals surface area contributed by atoms with Crippen LogP contribution in [0.4, 0.5) is 0 Å². The molecular weight excluding hydrogens is 362 g/mol. The number of hydrogen-bond acceptors (Lipinski definition) is 3. The molecule has 0 unspecified atom stereocenters. The van der Waals surface area contributed by atoms with Gasteiger partial charge in [-0.25, -0.2) is 4.68 Å². The van der Waals surface area contributed by atoms with E-state index in [1.54, 1.807) is 7.11 Å². The lowest BCUT2D eigenvalue weighted by Gasteiger charge is -2.10. The first kappa shape index (κ1) is 19.0. The van der Waals surface area contributed by atoms with Crippen molar-refractivity contribution in [2.75, 3.05) is 7.11 Å². The topological polar surface area (TPSA) is 56.1 Å². The Morgan fingerprint density at radius 3 is 2.56 bits per heavy atom. The average molecular weight is 384 g/mol. The highest BCUT2D eigenvalue weighted by molar-refractivity contribution is 6.30. The van der Waals surface area contributed by atoms with E-state index in [-0.39, 0.29) is 12.3 Å². The Morgan fingerprint density at radius 1 is 1.15 bits per heavy atom. The van der Waals surface area contributed by atoms with Gasteiger partial charge < -0.3 is 10.1 Å². The highest BCUT2D eigenvalue weighted by atomic mass is 35.5. The van der Waals surface area contributed by atoms with Gasteiger partial charge in [-0.2, -0.15) is 5.10 Å². The standard InChI is InChI=1S/C21H22ClN3O2/c1-14-19(15(2)25(24-14)18-10-8-17(22)9-11-18)12-21(26)23-13-16-6-4-5-7-20(16)27-3/h4-11H,12-13H2,1-3H3,(H,23,26). The maximum Gasteiger partial charge on any atom is 0.224 e. The van der Waals surface area contributed by atoms with Crippen molar-refractivity contribution in [2.45, 2.75) is 26.8 Å². The number of benzene rings is 2. The maximum atomic E-state index is 12.5. The SMILES string of the molecule is COc1ccccc1CNC(=O)Cc1c(C)nn(-c2ccc(Cl)cc2)c1C. The zero-order chi connectivity index (χ0) is 19.4. The largest absolute Gasteiger partial charge is 0.496 e. The number of amides is 1. The minimum absolute atomic E-state index is 0.0530. The van der Waals surface area contributed by atoms with Crippen LogP contribution in [0.2, 0.25) is 5.02 Å². The van der Waals surface area contributed by atoms with Crippen LogP contribution in [0.25, 0.3) is 5.69 Å². The van der Waals surface area contributed by atoms with E-state index in [0.29, 0.717) is 11.6 Å². The van der Waals surface area contributed by atoms with Crippen molar-refractivity contribution in [2.24, 2.45) is 0 Å². The van der Waals surface area contributed by atoms with Crippen LogP contribution in [0.5, 0.6) is 5.75 Å². The van der Waals surface area contributed by atoms with Gasteiger partial charge in [-0.3, -0.25) is 4.79 Å². The summed E-state index contributed by atoms with van der Waals surface area (Å²) in [6.07, 6.45) is 0.278. The second-order valence-corrected chi connectivity index (χ2v) is 6.74. The number of halogens is 1. The van der Waals surface area contributed by atoms with E-state index in [1.807, 2.05) is 67.1 Å². The Bertz CT molecular complexity index is 949. The lowest BCUT2D eigenvalue weighted by molar-refractivity contribution is -0.120. The first-order valence-electron chi connectivity index (χ1n) is 8.69. The number of carbonyl (C=O) groups excluding carboxylic acids is 1. The maximum absolute atomic E-state index is 12.5. The van der Waals surface area contributed by atoms with Gasteiger partial charge in [0.15, 0.2) is 0 Å². The minimum Gasteiger partial charge on any atom is -0.496 e. The molecule has 0 aliphatic heterocycles. The number of nitrogens with zero attached hydrogens (tertiary/aromatic N) is 2. The van der Waals surface area contributed by atoms with Crippen molar-refractivity contribution >= 4 is 17.5 Å². The quantitative estimate of drug-likeness (QED) is 0.699. The molecule has 1 aromatic heterocycles. The Hall–Kier alpha value is -2.79. The number of carbonyl (C=O) groups is 1. The number of hydrogen-bond donors (Lipinski definition) is 1. The smallest absolute Gasteiger partial charge is 0.224 e. The molecule has 5 nitrogen and oxygen atoms in total. The molecule has 0 bridgehead atoms. The molecule has 1 heterocycles. The Balaban J connectivity index is 1.72. The molecule has 1 amide bonds. The van der Waals surface area contributed by atoms with E-state index in [0.717, 1.165) is 34.0 Å². The predicted molar refractivity (Wildman–Crippen MR) is 107 cm³/mol. The normalized spacial score (nSPS) is 10.7. The van der Waals surface area contributed by atoms with E-state index in [4.69, 9.17) is 16.3 Å². The van der Waals surface area contributed by atoms with Crippen molar-refractivity contribution in [3.63, 3.8) is 0 Å². The molecule has 1 N–H and O–H groups in total. The molecule has 0 saturated carbocycles. The van der Waals surface area contributed by atoms with Crippen LogP contribution in [-0.4, -0.2) is 22.8 Å². The van der Waals surface area contributed by atoms with Crippen molar-refractivity contribution < 1.29 is 9.53 Å². The number of rotatable bonds is 6. The minimum atomic E-state index is -0.0530. The van der Waals surface area contributed by atoms with Gasteiger partial charge in [-0.05, 0) is 44.2 Å². The molecular formula is C21H22ClN3O2. The average Bonchev–Trinajstić information content (AvgIpc) is 2.95. The third kappa shape index (κ3) is 4.31. The second-order valence-electron chi connectivity index (χ2n) is 6.30. The molecule has 0 aliphatic rings. The fourth-order valence-electron chi connectivity index (χ4n) is 3.03. The summed E-state index contributed by atoms with van der Waals surface area (Å²) in [6, 6.07) is 15.1. The summed E-state index contributed by atoms with van der Waals surface area (Å²) in [5.41, 5.74) is 4.58. The van der Waals surface area contributed by atoms with Crippen LogP contribution in [0.15, 0.2) is 48.5 Å². The van der Waals surface area contributed by atoms with Crippen LogP contribution in [0.1, 0.15) is 22.5 Å². The van der Waals surface area contributed by atoms with Gasteiger partial charge in [0.25, 0.3) is 0 Å². The molecule has 0 spiro atoms. The number of methoxy groups -OCH3 is 1. The molecule has 0 saturated heterocycles. The summed E-state index contributed by atoms with van der Waals surface area (Å²) in [5.74, 6) is 0.712. The number of nitrogens with one attached hydrogen (secondary N) is 1. The highest BCUT2D eigenvalue weighted by Crippen LogP contribution is 2.20. The summed E-state index contributed by atoms with van der Waals surface area (Å²) in [6.45, 7) is 4.31. The monoisotopic (exact) mass is 383 g/mol. The van der Waals surface area contributed by atoms with Gasteiger partial charge in [0.2, 0.25) is 5.91 Å². The van der Waals surface area contributed by atoms with E-state index in [1.165, 1.54) is 0 Å². The number of aromatic nitrogens is 2. The van der Waals surface area contributed by atoms with Crippen LogP contribution >= 0.6 is 11.6 Å². The molecule has 3 rings (SSSR count).